The summed E-state index contributed by atoms with van der Waals surface area (Å²) in [5.41, 5.74) is 2.06. The number of nitrogens with one attached hydrogen (secondary N) is 2. The minimum Gasteiger partial charge on any atom is -0.381 e. The summed E-state index contributed by atoms with van der Waals surface area (Å²) in [7, 11) is 0. The average Bonchev–Trinajstić information content (AvgIpc) is 2.81. The third kappa shape index (κ3) is 1.88. The molecule has 1 saturated carbocycles. The first-order valence-corrected chi connectivity index (χ1v) is 7.60. The first-order valence-electron chi connectivity index (χ1n) is 6.72. The molecule has 0 aromatic carbocycles. The predicted molar refractivity (Wildman–Crippen MR) is 74.5 cm³/mol. The van der Waals surface area contributed by atoms with Crippen LogP contribution in [0.15, 0.2) is 17.5 Å². The number of hydrogen-bond acceptors (Lipinski definition) is 3. The lowest BCUT2D eigenvalue weighted by molar-refractivity contribution is 0.0535. The number of aromatic nitrogens is 1. The van der Waals surface area contributed by atoms with Gasteiger partial charge >= 0.3 is 0 Å². The maximum Gasteiger partial charge on any atom is 0.267 e. The summed E-state index contributed by atoms with van der Waals surface area (Å²) in [4.78, 5) is 15.4. The third-order valence-corrected chi connectivity index (χ3v) is 5.33. The molecular weight excluding hydrogens is 260 g/mol. The first kappa shape index (κ1) is 11.5. The van der Waals surface area contributed by atoms with Crippen molar-refractivity contribution in [2.24, 2.45) is 5.41 Å². The van der Waals surface area contributed by atoms with E-state index in [1.807, 2.05) is 17.5 Å². The van der Waals surface area contributed by atoms with Gasteiger partial charge < -0.3 is 15.0 Å². The molecule has 1 saturated heterocycles. The molecule has 2 fully saturated rings. The van der Waals surface area contributed by atoms with Crippen molar-refractivity contribution in [2.75, 3.05) is 13.2 Å². The number of rotatable bonds is 2. The van der Waals surface area contributed by atoms with E-state index in [4.69, 9.17) is 4.74 Å². The summed E-state index contributed by atoms with van der Waals surface area (Å²) in [5.74, 6) is 0.0248. The van der Waals surface area contributed by atoms with E-state index in [0.29, 0.717) is 17.2 Å². The molecule has 5 heteroatoms. The lowest BCUT2D eigenvalue weighted by Gasteiger charge is -2.22. The number of aromatic amines is 1. The van der Waals surface area contributed by atoms with Crippen LogP contribution in [0.4, 0.5) is 0 Å². The van der Waals surface area contributed by atoms with Crippen LogP contribution in [0, 0.1) is 5.41 Å². The Morgan fingerprint density at radius 2 is 2.32 bits per heavy atom. The highest BCUT2D eigenvalue weighted by molar-refractivity contribution is 7.17. The third-order valence-electron chi connectivity index (χ3n) is 4.47. The number of ether oxygens (including phenoxy) is 1. The highest BCUT2D eigenvalue weighted by Gasteiger charge is 2.55. The Balaban J connectivity index is 1.46. The molecule has 4 nitrogen and oxygen atoms in total. The molecule has 1 atom stereocenters. The van der Waals surface area contributed by atoms with E-state index in [9.17, 15) is 4.79 Å². The maximum absolute atomic E-state index is 12.2. The number of H-pyrrole nitrogens is 1. The van der Waals surface area contributed by atoms with Crippen molar-refractivity contribution < 1.29 is 9.53 Å². The molecule has 1 aliphatic carbocycles. The van der Waals surface area contributed by atoms with Gasteiger partial charge in [-0.15, -0.1) is 11.3 Å². The van der Waals surface area contributed by atoms with E-state index in [1.165, 1.54) is 0 Å². The number of amides is 1. The molecule has 100 valence electrons. The molecule has 1 spiro atoms. The zero-order valence-electron chi connectivity index (χ0n) is 10.6. The largest absolute Gasteiger partial charge is 0.381 e. The van der Waals surface area contributed by atoms with Crippen molar-refractivity contribution in [1.29, 1.82) is 0 Å². The van der Waals surface area contributed by atoms with E-state index in [2.05, 4.69) is 10.3 Å². The van der Waals surface area contributed by atoms with Crippen molar-refractivity contribution in [3.8, 4) is 0 Å². The van der Waals surface area contributed by atoms with Gasteiger partial charge in [-0.2, -0.15) is 0 Å². The van der Waals surface area contributed by atoms with Gasteiger partial charge in [0.15, 0.2) is 0 Å². The number of thiophene rings is 1. The summed E-state index contributed by atoms with van der Waals surface area (Å²) in [5, 5.41) is 5.19. The summed E-state index contributed by atoms with van der Waals surface area (Å²) in [6.45, 7) is 1.68. The molecular formula is C14H16N2O2S. The lowest BCUT2D eigenvalue weighted by Crippen LogP contribution is -2.32. The molecule has 19 heavy (non-hydrogen) atoms. The number of hydrogen-bond donors (Lipinski definition) is 2. The Hall–Kier alpha value is -1.33. The molecule has 1 amide bonds. The SMILES string of the molecule is O=C(NC1CC12CCOCC2)c1cc2sccc2[nH]1. The molecule has 0 radical (unpaired) electrons. The van der Waals surface area contributed by atoms with Crippen LogP contribution in [-0.4, -0.2) is 30.1 Å². The monoisotopic (exact) mass is 276 g/mol. The second-order valence-electron chi connectivity index (χ2n) is 5.59. The topological polar surface area (TPSA) is 54.1 Å². The zero-order chi connectivity index (χ0) is 12.9. The van der Waals surface area contributed by atoms with Crippen LogP contribution in [0.25, 0.3) is 10.2 Å². The van der Waals surface area contributed by atoms with Crippen molar-refractivity contribution in [2.45, 2.75) is 25.3 Å². The number of carbonyl (C=O) groups excluding carboxylic acids is 1. The van der Waals surface area contributed by atoms with Gasteiger partial charge in [-0.25, -0.2) is 0 Å². The van der Waals surface area contributed by atoms with Gasteiger partial charge in [0.05, 0.1) is 10.2 Å². The molecule has 4 rings (SSSR count). The van der Waals surface area contributed by atoms with Crippen LogP contribution in [0.3, 0.4) is 0 Å². The van der Waals surface area contributed by atoms with Gasteiger partial charge in [-0.1, -0.05) is 0 Å². The molecule has 2 aromatic rings. The summed E-state index contributed by atoms with van der Waals surface area (Å²) >= 11 is 1.65. The van der Waals surface area contributed by atoms with E-state index < -0.39 is 0 Å². The minimum absolute atomic E-state index is 0.0248. The van der Waals surface area contributed by atoms with Crippen LogP contribution in [0.1, 0.15) is 29.8 Å². The molecule has 1 aliphatic heterocycles. The van der Waals surface area contributed by atoms with Crippen LogP contribution in [0.5, 0.6) is 0 Å². The van der Waals surface area contributed by atoms with Gasteiger partial charge in [0.1, 0.15) is 5.69 Å². The summed E-state index contributed by atoms with van der Waals surface area (Å²) in [6, 6.07) is 4.28. The summed E-state index contributed by atoms with van der Waals surface area (Å²) < 4.78 is 6.54. The second kappa shape index (κ2) is 4.08. The van der Waals surface area contributed by atoms with Crippen LogP contribution in [0.2, 0.25) is 0 Å². The van der Waals surface area contributed by atoms with Crippen LogP contribution >= 0.6 is 11.3 Å². The summed E-state index contributed by atoms with van der Waals surface area (Å²) in [6.07, 6.45) is 3.27. The highest BCUT2D eigenvalue weighted by Crippen LogP contribution is 2.53. The Morgan fingerprint density at radius 1 is 1.47 bits per heavy atom. The fourth-order valence-corrected chi connectivity index (χ4v) is 3.87. The van der Waals surface area contributed by atoms with Crippen LogP contribution in [-0.2, 0) is 4.74 Å². The predicted octanol–water partition coefficient (Wildman–Crippen LogP) is 2.53. The first-order chi connectivity index (χ1) is 9.27. The Morgan fingerprint density at radius 3 is 3.11 bits per heavy atom. The lowest BCUT2D eigenvalue weighted by atomic mass is 9.96. The zero-order valence-corrected chi connectivity index (χ0v) is 11.4. The quantitative estimate of drug-likeness (QED) is 0.885. The van der Waals surface area contributed by atoms with Crippen molar-refractivity contribution in [1.82, 2.24) is 10.3 Å². The Bertz CT molecular complexity index is 596. The second-order valence-corrected chi connectivity index (χ2v) is 6.53. The van der Waals surface area contributed by atoms with Gasteiger partial charge in [0.2, 0.25) is 0 Å². The molecule has 3 heterocycles. The van der Waals surface area contributed by atoms with E-state index in [1.54, 1.807) is 11.3 Å². The fraction of sp³-hybridized carbons (Fsp3) is 0.500. The maximum atomic E-state index is 12.2. The minimum atomic E-state index is 0.0248. The van der Waals surface area contributed by atoms with Crippen LogP contribution < -0.4 is 5.32 Å². The van der Waals surface area contributed by atoms with E-state index >= 15 is 0 Å². The standard InChI is InChI=1S/C14H16N2O2S/c17-13(10-7-11-9(15-10)1-6-19-11)16-12-8-14(12)2-4-18-5-3-14/h1,6-7,12,15H,2-5,8H2,(H,16,17). The van der Waals surface area contributed by atoms with Gasteiger partial charge in [-0.05, 0) is 42.2 Å². The van der Waals surface area contributed by atoms with Crippen molar-refractivity contribution in [3.05, 3.63) is 23.2 Å². The molecule has 2 aromatic heterocycles. The Kier molecular flexibility index (Phi) is 2.47. The normalized spacial score (nSPS) is 24.7. The fourth-order valence-electron chi connectivity index (χ4n) is 3.09. The molecule has 2 N–H and O–H groups in total. The van der Waals surface area contributed by atoms with Crippen molar-refractivity contribution >= 4 is 27.5 Å². The smallest absolute Gasteiger partial charge is 0.267 e. The molecule has 1 unspecified atom stereocenters. The molecule has 2 aliphatic rings. The highest BCUT2D eigenvalue weighted by atomic mass is 32.1. The van der Waals surface area contributed by atoms with E-state index in [-0.39, 0.29) is 5.91 Å². The van der Waals surface area contributed by atoms with Crippen molar-refractivity contribution in [3.63, 3.8) is 0 Å². The van der Waals surface area contributed by atoms with Gasteiger partial charge in [-0.3, -0.25) is 4.79 Å². The van der Waals surface area contributed by atoms with E-state index in [0.717, 1.165) is 42.7 Å². The van der Waals surface area contributed by atoms with Gasteiger partial charge in [0, 0.05) is 19.3 Å². The Labute approximate surface area is 115 Å². The number of carbonyl (C=O) groups is 1. The van der Waals surface area contributed by atoms with Gasteiger partial charge in [0.25, 0.3) is 5.91 Å². The average molecular weight is 276 g/mol. The molecule has 0 bridgehead atoms. The number of fused-ring (bicyclic) bond motifs is 1.